The van der Waals surface area contributed by atoms with Crippen LogP contribution in [0.4, 0.5) is 11.4 Å². The van der Waals surface area contributed by atoms with Crippen LogP contribution in [0.5, 0.6) is 11.5 Å². The summed E-state index contributed by atoms with van der Waals surface area (Å²) in [5.74, 6) is 0.917. The molecule has 7 heteroatoms. The Morgan fingerprint density at radius 3 is 2.53 bits per heavy atom. The summed E-state index contributed by atoms with van der Waals surface area (Å²) < 4.78 is 11.3. The van der Waals surface area contributed by atoms with Crippen molar-refractivity contribution in [2.24, 2.45) is 0 Å². The fraction of sp³-hybridized carbons (Fsp3) is 0.0870. The normalized spacial score (nSPS) is 13.6. The molecular formula is C23H18N2O5. The zero-order chi connectivity index (χ0) is 21.1. The molecule has 0 saturated carbocycles. The van der Waals surface area contributed by atoms with Crippen LogP contribution in [0.3, 0.4) is 0 Å². The molecule has 1 amide bonds. The van der Waals surface area contributed by atoms with Crippen LogP contribution in [0.1, 0.15) is 16.7 Å². The van der Waals surface area contributed by atoms with Crippen LogP contribution in [0.15, 0.2) is 66.7 Å². The van der Waals surface area contributed by atoms with Crippen molar-refractivity contribution >= 4 is 28.9 Å². The van der Waals surface area contributed by atoms with Gasteiger partial charge in [-0.15, -0.1) is 0 Å². The highest BCUT2D eigenvalue weighted by atomic mass is 16.6. The van der Waals surface area contributed by atoms with Crippen molar-refractivity contribution < 1.29 is 19.2 Å². The molecule has 0 spiro atoms. The molecule has 3 aromatic carbocycles. The molecule has 3 aromatic rings. The second kappa shape index (κ2) is 8.08. The highest BCUT2D eigenvalue weighted by Crippen LogP contribution is 2.35. The highest BCUT2D eigenvalue weighted by molar-refractivity contribution is 6.34. The molecule has 1 N–H and O–H groups in total. The molecular weight excluding hydrogens is 384 g/mol. The Morgan fingerprint density at radius 2 is 1.80 bits per heavy atom. The molecule has 0 aromatic heterocycles. The van der Waals surface area contributed by atoms with Gasteiger partial charge in [0.2, 0.25) is 0 Å². The van der Waals surface area contributed by atoms with Gasteiger partial charge in [-0.1, -0.05) is 24.3 Å². The number of nitrogens with one attached hydrogen (secondary N) is 1. The maximum atomic E-state index is 12.3. The summed E-state index contributed by atoms with van der Waals surface area (Å²) in [6.07, 6.45) is 1.81. The Hall–Kier alpha value is -4.13. The van der Waals surface area contributed by atoms with Gasteiger partial charge in [0.15, 0.2) is 11.5 Å². The van der Waals surface area contributed by atoms with Gasteiger partial charge in [-0.25, -0.2) is 0 Å². The van der Waals surface area contributed by atoms with Gasteiger partial charge in [0, 0.05) is 29.0 Å². The van der Waals surface area contributed by atoms with Crippen molar-refractivity contribution in [3.05, 3.63) is 93.5 Å². The minimum atomic E-state index is -0.441. The van der Waals surface area contributed by atoms with Gasteiger partial charge in [0.25, 0.3) is 11.6 Å². The van der Waals surface area contributed by atoms with Crippen molar-refractivity contribution in [3.63, 3.8) is 0 Å². The first kappa shape index (κ1) is 19.2. The first-order valence-electron chi connectivity index (χ1n) is 9.22. The summed E-state index contributed by atoms with van der Waals surface area (Å²) in [6.45, 7) is 0.241. The molecule has 0 fully saturated rings. The predicted octanol–water partition coefficient (Wildman–Crippen LogP) is 4.68. The van der Waals surface area contributed by atoms with E-state index in [0.717, 1.165) is 22.4 Å². The maximum absolute atomic E-state index is 12.3. The van der Waals surface area contributed by atoms with Crippen molar-refractivity contribution in [1.82, 2.24) is 0 Å². The molecule has 1 aliphatic rings. The minimum Gasteiger partial charge on any atom is -0.493 e. The highest BCUT2D eigenvalue weighted by Gasteiger charge is 2.23. The van der Waals surface area contributed by atoms with Gasteiger partial charge >= 0.3 is 0 Å². The van der Waals surface area contributed by atoms with E-state index in [9.17, 15) is 14.9 Å². The van der Waals surface area contributed by atoms with E-state index >= 15 is 0 Å². The standard InChI is InChI=1S/C23H18N2O5/c1-29-22-13-16(12-19-18-4-2-3-5-20(18)24-23(19)26)8-11-21(22)30-14-15-6-9-17(10-7-15)25(27)28/h2-13H,14H2,1H3,(H,24,26). The molecule has 0 aliphatic carbocycles. The van der Waals surface area contributed by atoms with Gasteiger partial charge in [-0.3, -0.25) is 14.9 Å². The van der Waals surface area contributed by atoms with Gasteiger partial charge in [-0.2, -0.15) is 0 Å². The van der Waals surface area contributed by atoms with E-state index in [1.54, 1.807) is 31.4 Å². The molecule has 1 heterocycles. The van der Waals surface area contributed by atoms with Gasteiger partial charge < -0.3 is 14.8 Å². The summed E-state index contributed by atoms with van der Waals surface area (Å²) in [7, 11) is 1.54. The van der Waals surface area contributed by atoms with Crippen molar-refractivity contribution in [3.8, 4) is 11.5 Å². The SMILES string of the molecule is COc1cc(C=C2C(=O)Nc3ccccc32)ccc1OCc1ccc([N+](=O)[O-])cc1. The van der Waals surface area contributed by atoms with E-state index in [1.807, 2.05) is 36.4 Å². The third kappa shape index (κ3) is 3.86. The van der Waals surface area contributed by atoms with Crippen LogP contribution in [0, 0.1) is 10.1 Å². The van der Waals surface area contributed by atoms with Gasteiger partial charge in [-0.05, 0) is 47.5 Å². The average molecular weight is 402 g/mol. The van der Waals surface area contributed by atoms with Crippen LogP contribution in [-0.4, -0.2) is 17.9 Å². The fourth-order valence-electron chi connectivity index (χ4n) is 3.22. The number of anilines is 1. The number of nitro groups is 1. The lowest BCUT2D eigenvalue weighted by atomic mass is 10.0. The van der Waals surface area contributed by atoms with Crippen LogP contribution in [-0.2, 0) is 11.4 Å². The monoisotopic (exact) mass is 402 g/mol. The number of fused-ring (bicyclic) bond motifs is 1. The Kier molecular flexibility index (Phi) is 5.17. The molecule has 4 rings (SSSR count). The second-order valence-corrected chi connectivity index (χ2v) is 6.68. The second-order valence-electron chi connectivity index (χ2n) is 6.68. The van der Waals surface area contributed by atoms with Gasteiger partial charge in [0.1, 0.15) is 6.61 Å². The molecule has 0 radical (unpaired) electrons. The Morgan fingerprint density at radius 1 is 1.03 bits per heavy atom. The molecule has 0 unspecified atom stereocenters. The number of nitrogens with zero attached hydrogens (tertiary/aromatic N) is 1. The zero-order valence-electron chi connectivity index (χ0n) is 16.1. The van der Waals surface area contributed by atoms with E-state index in [-0.39, 0.29) is 18.2 Å². The largest absolute Gasteiger partial charge is 0.493 e. The van der Waals surface area contributed by atoms with Crippen molar-refractivity contribution in [2.75, 3.05) is 12.4 Å². The van der Waals surface area contributed by atoms with E-state index in [1.165, 1.54) is 12.1 Å². The summed E-state index contributed by atoms with van der Waals surface area (Å²) in [5.41, 5.74) is 3.88. The van der Waals surface area contributed by atoms with E-state index in [4.69, 9.17) is 9.47 Å². The minimum absolute atomic E-state index is 0.0336. The number of methoxy groups -OCH3 is 1. The molecule has 0 bridgehead atoms. The molecule has 30 heavy (non-hydrogen) atoms. The molecule has 7 nitrogen and oxygen atoms in total. The number of ether oxygens (including phenoxy) is 2. The van der Waals surface area contributed by atoms with Crippen molar-refractivity contribution in [1.29, 1.82) is 0 Å². The lowest BCUT2D eigenvalue weighted by Crippen LogP contribution is -2.03. The number of amides is 1. The number of carbonyl (C=O) groups is 1. The third-order valence-electron chi connectivity index (χ3n) is 4.75. The third-order valence-corrected chi connectivity index (χ3v) is 4.75. The topological polar surface area (TPSA) is 90.7 Å². The number of nitro benzene ring substituents is 1. The molecule has 1 aliphatic heterocycles. The molecule has 150 valence electrons. The summed E-state index contributed by atoms with van der Waals surface area (Å²) in [4.78, 5) is 22.6. The van der Waals surface area contributed by atoms with Gasteiger partial charge in [0.05, 0.1) is 12.0 Å². The van der Waals surface area contributed by atoms with Crippen LogP contribution < -0.4 is 14.8 Å². The lowest BCUT2D eigenvalue weighted by Gasteiger charge is -2.11. The number of para-hydroxylation sites is 1. The predicted molar refractivity (Wildman–Crippen MR) is 113 cm³/mol. The Labute approximate surface area is 172 Å². The number of non-ortho nitro benzene ring substituents is 1. The zero-order valence-corrected chi connectivity index (χ0v) is 16.1. The number of hydrogen-bond donors (Lipinski definition) is 1. The fourth-order valence-corrected chi connectivity index (χ4v) is 3.22. The number of benzene rings is 3. The van der Waals surface area contributed by atoms with Crippen LogP contribution >= 0.6 is 0 Å². The Bertz CT molecular complexity index is 1150. The average Bonchev–Trinajstić information content (AvgIpc) is 3.08. The first-order valence-corrected chi connectivity index (χ1v) is 9.22. The first-order chi connectivity index (χ1) is 14.5. The maximum Gasteiger partial charge on any atom is 0.269 e. The number of hydrogen-bond acceptors (Lipinski definition) is 5. The molecule has 0 atom stereocenters. The number of rotatable bonds is 6. The summed E-state index contributed by atoms with van der Waals surface area (Å²) in [5, 5.41) is 13.6. The number of carbonyl (C=O) groups excluding carboxylic acids is 1. The smallest absolute Gasteiger partial charge is 0.269 e. The van der Waals surface area contributed by atoms with Crippen LogP contribution in [0.25, 0.3) is 11.6 Å². The van der Waals surface area contributed by atoms with Crippen molar-refractivity contribution in [2.45, 2.75) is 6.61 Å². The quantitative estimate of drug-likeness (QED) is 0.367. The van der Waals surface area contributed by atoms with E-state index < -0.39 is 4.92 Å². The lowest BCUT2D eigenvalue weighted by molar-refractivity contribution is -0.384. The summed E-state index contributed by atoms with van der Waals surface area (Å²) >= 11 is 0. The van der Waals surface area contributed by atoms with E-state index in [0.29, 0.717) is 17.1 Å². The Balaban J connectivity index is 1.53. The summed E-state index contributed by atoms with van der Waals surface area (Å²) in [6, 6.07) is 19.1. The van der Waals surface area contributed by atoms with E-state index in [2.05, 4.69) is 5.32 Å². The molecule has 0 saturated heterocycles. The van der Waals surface area contributed by atoms with Crippen LogP contribution in [0.2, 0.25) is 0 Å².